The van der Waals surface area contributed by atoms with E-state index in [-0.39, 0.29) is 12.4 Å². The monoisotopic (exact) mass is 402 g/mol. The molecular weight excluding hydrogens is 376 g/mol. The Hall–Kier alpha value is -2.08. The molecule has 1 unspecified atom stereocenters. The number of halogens is 1. The molecule has 150 valence electrons. The Morgan fingerprint density at radius 2 is 1.71 bits per heavy atom. The molecule has 1 fully saturated rings. The van der Waals surface area contributed by atoms with Gasteiger partial charge in [-0.1, -0.05) is 18.5 Å². The number of hydrogen-bond acceptors (Lipinski definition) is 5. The summed E-state index contributed by atoms with van der Waals surface area (Å²) < 4.78 is 5.67. The molecule has 0 radical (unpaired) electrons. The zero-order valence-corrected chi connectivity index (χ0v) is 16.9. The zero-order chi connectivity index (χ0) is 19.9. The second kappa shape index (κ2) is 9.92. The number of hydrogen-bond donors (Lipinski definition) is 1. The van der Waals surface area contributed by atoms with Crippen molar-refractivity contribution in [1.29, 1.82) is 0 Å². The van der Waals surface area contributed by atoms with E-state index in [1.54, 1.807) is 24.3 Å². The van der Waals surface area contributed by atoms with Crippen molar-refractivity contribution in [3.63, 3.8) is 0 Å². The van der Waals surface area contributed by atoms with Crippen molar-refractivity contribution >= 4 is 23.1 Å². The van der Waals surface area contributed by atoms with Crippen molar-refractivity contribution < 1.29 is 14.6 Å². The van der Waals surface area contributed by atoms with Crippen LogP contribution in [-0.2, 0) is 0 Å². The van der Waals surface area contributed by atoms with Crippen LogP contribution < -0.4 is 9.64 Å². The standard InChI is InChI=1S/C22H27ClN2O3/c1-2-22(27)17-3-9-21(10-4-17)28-16-20(26)15-24-11-13-25(14-12-24)19-7-5-18(23)6-8-19/h3-10,20,26H,2,11-16H2,1H3. The lowest BCUT2D eigenvalue weighted by molar-refractivity contribution is 0.0663. The number of β-amino-alcohol motifs (C(OH)–C–C–N with tert-alkyl or cyclic N) is 1. The normalized spacial score (nSPS) is 16.0. The fourth-order valence-corrected chi connectivity index (χ4v) is 3.45. The number of benzene rings is 2. The number of anilines is 1. The summed E-state index contributed by atoms with van der Waals surface area (Å²) >= 11 is 5.95. The minimum atomic E-state index is -0.556. The molecule has 0 bridgehead atoms. The molecule has 2 aromatic rings. The third kappa shape index (κ3) is 5.71. The van der Waals surface area contributed by atoms with Crippen molar-refractivity contribution in [1.82, 2.24) is 4.90 Å². The highest BCUT2D eigenvalue weighted by atomic mass is 35.5. The van der Waals surface area contributed by atoms with Gasteiger partial charge >= 0.3 is 0 Å². The first-order valence-electron chi connectivity index (χ1n) is 9.72. The first-order valence-corrected chi connectivity index (χ1v) is 10.1. The number of ketones is 1. The van der Waals surface area contributed by atoms with E-state index in [4.69, 9.17) is 16.3 Å². The van der Waals surface area contributed by atoms with Gasteiger partial charge in [-0.25, -0.2) is 0 Å². The number of piperazine rings is 1. The molecule has 0 saturated carbocycles. The van der Waals surface area contributed by atoms with Gasteiger partial charge in [0.1, 0.15) is 18.5 Å². The molecule has 5 nitrogen and oxygen atoms in total. The molecule has 0 spiro atoms. The molecule has 1 heterocycles. The van der Waals surface area contributed by atoms with Gasteiger partial charge in [0.15, 0.2) is 5.78 Å². The lowest BCUT2D eigenvalue weighted by Crippen LogP contribution is -2.49. The Labute approximate surface area is 171 Å². The van der Waals surface area contributed by atoms with Crippen LogP contribution in [0.25, 0.3) is 0 Å². The Balaban J connectivity index is 1.40. The maximum atomic E-state index is 11.6. The van der Waals surface area contributed by atoms with Gasteiger partial charge in [0.2, 0.25) is 0 Å². The minimum Gasteiger partial charge on any atom is -0.491 e. The van der Waals surface area contributed by atoms with E-state index in [2.05, 4.69) is 9.80 Å². The molecule has 3 rings (SSSR count). The Morgan fingerprint density at radius 1 is 1.07 bits per heavy atom. The quantitative estimate of drug-likeness (QED) is 0.685. The maximum Gasteiger partial charge on any atom is 0.162 e. The fraction of sp³-hybridized carbons (Fsp3) is 0.409. The van der Waals surface area contributed by atoms with E-state index in [0.29, 0.717) is 24.3 Å². The third-order valence-corrected chi connectivity index (χ3v) is 5.22. The average molecular weight is 403 g/mol. The molecule has 1 N–H and O–H groups in total. The summed E-state index contributed by atoms with van der Waals surface area (Å²) in [5.41, 5.74) is 1.87. The molecule has 1 aliphatic heterocycles. The topological polar surface area (TPSA) is 53.0 Å². The van der Waals surface area contributed by atoms with Gasteiger partial charge in [-0.2, -0.15) is 0 Å². The van der Waals surface area contributed by atoms with Crippen LogP contribution in [0.4, 0.5) is 5.69 Å². The number of Topliss-reactive ketones (excluding diaryl/α,β-unsaturated/α-hetero) is 1. The first kappa shape index (κ1) is 20.6. The van der Waals surface area contributed by atoms with Crippen molar-refractivity contribution in [3.05, 3.63) is 59.1 Å². The molecular formula is C22H27ClN2O3. The minimum absolute atomic E-state index is 0.115. The SMILES string of the molecule is CCC(=O)c1ccc(OCC(O)CN2CCN(c3ccc(Cl)cc3)CC2)cc1. The molecule has 0 aromatic heterocycles. The molecule has 1 saturated heterocycles. The number of carbonyl (C=O) groups is 1. The lowest BCUT2D eigenvalue weighted by Gasteiger charge is -2.36. The summed E-state index contributed by atoms with van der Waals surface area (Å²) in [6, 6.07) is 15.0. The fourth-order valence-electron chi connectivity index (χ4n) is 3.32. The van der Waals surface area contributed by atoms with E-state index < -0.39 is 6.10 Å². The Morgan fingerprint density at radius 3 is 2.32 bits per heavy atom. The maximum absolute atomic E-state index is 11.6. The highest BCUT2D eigenvalue weighted by molar-refractivity contribution is 6.30. The summed E-state index contributed by atoms with van der Waals surface area (Å²) in [4.78, 5) is 16.2. The van der Waals surface area contributed by atoms with Gasteiger partial charge in [-0.05, 0) is 48.5 Å². The molecule has 0 amide bonds. The summed E-state index contributed by atoms with van der Waals surface area (Å²) in [7, 11) is 0. The van der Waals surface area contributed by atoms with Crippen LogP contribution in [0.2, 0.25) is 5.02 Å². The second-order valence-electron chi connectivity index (χ2n) is 7.03. The molecule has 1 aliphatic rings. The number of carbonyl (C=O) groups excluding carboxylic acids is 1. The molecule has 1 atom stereocenters. The predicted octanol–water partition coefficient (Wildman–Crippen LogP) is 3.49. The predicted molar refractivity (Wildman–Crippen MR) is 113 cm³/mol. The number of nitrogens with zero attached hydrogens (tertiary/aromatic N) is 2. The second-order valence-corrected chi connectivity index (χ2v) is 7.47. The molecule has 28 heavy (non-hydrogen) atoms. The largest absolute Gasteiger partial charge is 0.491 e. The van der Waals surface area contributed by atoms with Gasteiger partial charge in [-0.15, -0.1) is 0 Å². The van der Waals surface area contributed by atoms with Crippen LogP contribution in [0.3, 0.4) is 0 Å². The Kier molecular flexibility index (Phi) is 7.31. The first-order chi connectivity index (χ1) is 13.5. The number of aliphatic hydroxyl groups excluding tert-OH is 1. The van der Waals surface area contributed by atoms with Crippen LogP contribution in [-0.4, -0.2) is 61.2 Å². The van der Waals surface area contributed by atoms with E-state index in [1.165, 1.54) is 5.69 Å². The number of aliphatic hydroxyl groups is 1. The van der Waals surface area contributed by atoms with Crippen LogP contribution in [0.5, 0.6) is 5.75 Å². The lowest BCUT2D eigenvalue weighted by atomic mass is 10.1. The van der Waals surface area contributed by atoms with Crippen LogP contribution >= 0.6 is 11.6 Å². The zero-order valence-electron chi connectivity index (χ0n) is 16.2. The summed E-state index contributed by atoms with van der Waals surface area (Å²) in [5.74, 6) is 0.781. The van der Waals surface area contributed by atoms with E-state index in [0.717, 1.165) is 31.2 Å². The summed E-state index contributed by atoms with van der Waals surface area (Å²) in [6.45, 7) is 6.29. The average Bonchev–Trinajstić information content (AvgIpc) is 2.73. The van der Waals surface area contributed by atoms with Crippen molar-refractivity contribution in [2.75, 3.05) is 44.2 Å². The van der Waals surface area contributed by atoms with Gasteiger partial charge in [0, 0.05) is 55.4 Å². The third-order valence-electron chi connectivity index (χ3n) is 4.97. The van der Waals surface area contributed by atoms with Gasteiger partial charge in [0.05, 0.1) is 0 Å². The van der Waals surface area contributed by atoms with E-state index in [9.17, 15) is 9.90 Å². The van der Waals surface area contributed by atoms with Crippen LogP contribution in [0.15, 0.2) is 48.5 Å². The van der Waals surface area contributed by atoms with Gasteiger partial charge in [0.25, 0.3) is 0 Å². The molecule has 2 aromatic carbocycles. The number of rotatable bonds is 8. The van der Waals surface area contributed by atoms with E-state index >= 15 is 0 Å². The highest BCUT2D eigenvalue weighted by Gasteiger charge is 2.19. The van der Waals surface area contributed by atoms with Crippen LogP contribution in [0, 0.1) is 0 Å². The van der Waals surface area contributed by atoms with Gasteiger partial charge in [-0.3, -0.25) is 9.69 Å². The molecule has 0 aliphatic carbocycles. The smallest absolute Gasteiger partial charge is 0.162 e. The van der Waals surface area contributed by atoms with Crippen LogP contribution in [0.1, 0.15) is 23.7 Å². The molecule has 6 heteroatoms. The van der Waals surface area contributed by atoms with Crippen molar-refractivity contribution in [3.8, 4) is 5.75 Å². The summed E-state index contributed by atoms with van der Waals surface area (Å²) in [5, 5.41) is 11.1. The van der Waals surface area contributed by atoms with Crippen molar-refractivity contribution in [2.24, 2.45) is 0 Å². The Bertz CT molecular complexity index is 756. The van der Waals surface area contributed by atoms with Crippen molar-refractivity contribution in [2.45, 2.75) is 19.4 Å². The highest BCUT2D eigenvalue weighted by Crippen LogP contribution is 2.19. The number of ether oxygens (including phenoxy) is 1. The van der Waals surface area contributed by atoms with E-state index in [1.807, 2.05) is 31.2 Å². The van der Waals surface area contributed by atoms with Gasteiger partial charge < -0.3 is 14.7 Å². The summed E-state index contributed by atoms with van der Waals surface area (Å²) in [6.07, 6.45) is -0.0662.